The molecule has 0 saturated carbocycles. The van der Waals surface area contributed by atoms with Crippen LogP contribution in [-0.2, 0) is 27.5 Å². The van der Waals surface area contributed by atoms with Crippen LogP contribution in [0.25, 0.3) is 0 Å². The molecule has 0 bridgehead atoms. The van der Waals surface area contributed by atoms with Gasteiger partial charge in [-0.1, -0.05) is 0 Å². The Hall–Kier alpha value is 0.847. The molecule has 0 aliphatic heterocycles. The average Bonchev–Trinajstić information content (AvgIpc) is 1.50. The van der Waals surface area contributed by atoms with Crippen molar-refractivity contribution in [3.63, 3.8) is 0 Å². The van der Waals surface area contributed by atoms with E-state index < -0.39 is 0 Å². The maximum atomic E-state index is 8.28. The van der Waals surface area contributed by atoms with Crippen molar-refractivity contribution in [3.8, 4) is 0 Å². The van der Waals surface area contributed by atoms with Gasteiger partial charge >= 0.3 is 45.2 Å². The van der Waals surface area contributed by atoms with Gasteiger partial charge in [0.15, 0.2) is 0 Å². The molecular weight excluding hydrogens is 107 g/mol. The molecule has 0 aromatic rings. The van der Waals surface area contributed by atoms with Gasteiger partial charge in [-0.15, -0.1) is 0 Å². The van der Waals surface area contributed by atoms with Crippen molar-refractivity contribution < 1.29 is 29.0 Å². The number of rotatable bonds is 0. The van der Waals surface area contributed by atoms with E-state index in [9.17, 15) is 0 Å². The summed E-state index contributed by atoms with van der Waals surface area (Å²) < 4.78 is 16.5. The molecule has 0 amide bonds. The predicted molar refractivity (Wildman–Crippen MR) is 9.63 cm³/mol. The van der Waals surface area contributed by atoms with E-state index in [0.29, 0.717) is 16.2 Å². The van der Waals surface area contributed by atoms with Crippen molar-refractivity contribution in [1.82, 2.24) is 0 Å². The second-order valence-electron chi connectivity index (χ2n) is 0. The third-order valence-corrected chi connectivity index (χ3v) is 0. The van der Waals surface area contributed by atoms with Crippen LogP contribution >= 0.6 is 0 Å². The third-order valence-electron chi connectivity index (χ3n) is 0. The molecule has 20 valence electrons. The Morgan fingerprint density at radius 3 is 1.50 bits per heavy atom. The van der Waals surface area contributed by atoms with Crippen LogP contribution < -0.4 is 0 Å². The summed E-state index contributed by atoms with van der Waals surface area (Å²) in [5.74, 6) is 0. The second-order valence-corrected chi connectivity index (χ2v) is 0. The molecule has 0 rings (SSSR count). The van der Waals surface area contributed by atoms with Crippen molar-refractivity contribution in [1.29, 1.82) is 0 Å². The Morgan fingerprint density at radius 2 is 1.50 bits per heavy atom. The van der Waals surface area contributed by atoms with E-state index in [1.165, 1.54) is 0 Å². The third kappa shape index (κ3) is 13.5. The first-order valence-corrected chi connectivity index (χ1v) is 1.71. The summed E-state index contributed by atoms with van der Waals surface area (Å²) in [6.07, 6.45) is 0. The Balaban J connectivity index is -0.0000000133. The van der Waals surface area contributed by atoms with Gasteiger partial charge in [0.25, 0.3) is 0 Å². The number of hydrogen-bond acceptors (Lipinski definition) is 2. The first-order valence-electron chi connectivity index (χ1n) is 0.493. The van der Waals surface area contributed by atoms with E-state index in [0.717, 1.165) is 20.4 Å². The summed E-state index contributed by atoms with van der Waals surface area (Å²) in [7, 11) is 0. The van der Waals surface area contributed by atoms with Crippen LogP contribution in [0.2, 0.25) is 0 Å². The van der Waals surface area contributed by atoms with Gasteiger partial charge in [0.1, 0.15) is 0 Å². The minimum atomic E-state index is 0. The van der Waals surface area contributed by atoms with E-state index in [-0.39, 0.29) is 1.43 Å². The molecule has 4 heteroatoms. The Morgan fingerprint density at radius 1 is 1.50 bits per heavy atom. The summed E-state index contributed by atoms with van der Waals surface area (Å²) in [6.45, 7) is 0. The zero-order chi connectivity index (χ0) is 4.00. The molecule has 0 fully saturated rings. The van der Waals surface area contributed by atoms with Crippen molar-refractivity contribution in [3.05, 3.63) is 0 Å². The predicted octanol–water partition coefficient (Wildman–Crippen LogP) is -0.776. The topological polar surface area (TPSA) is 34.1 Å². The molecule has 0 saturated heterocycles. The van der Waals surface area contributed by atoms with Crippen LogP contribution in [0.5, 0.6) is 0 Å². The van der Waals surface area contributed by atoms with E-state index in [1.54, 1.807) is 0 Å². The van der Waals surface area contributed by atoms with Gasteiger partial charge < -0.3 is 0 Å². The SMILES string of the molecule is [H+].[O]=[AlH].[O]=[Ti]. The fourth-order valence-electron chi connectivity index (χ4n) is 0. The Kier molecular flexibility index (Phi) is 96.2. The molecule has 0 unspecified atom stereocenters. The van der Waals surface area contributed by atoms with Gasteiger partial charge in [-0.05, 0) is 0 Å². The van der Waals surface area contributed by atoms with Crippen LogP contribution in [0.3, 0.4) is 0 Å². The normalized spacial score (nSPS) is 1.50. The fourth-order valence-corrected chi connectivity index (χ4v) is 0. The van der Waals surface area contributed by atoms with Crippen LogP contribution in [0.1, 0.15) is 1.43 Å². The molecule has 0 spiro atoms. The Bertz CT molecular complexity index is 11.6. The van der Waals surface area contributed by atoms with E-state index in [4.69, 9.17) is 7.13 Å². The van der Waals surface area contributed by atoms with Gasteiger partial charge in [-0.2, -0.15) is 0 Å². The van der Waals surface area contributed by atoms with Gasteiger partial charge in [0.2, 0.25) is 0 Å². The molecule has 0 aliphatic rings. The van der Waals surface area contributed by atoms with E-state index in [2.05, 4.69) is 0 Å². The van der Waals surface area contributed by atoms with Crippen molar-refractivity contribution in [2.24, 2.45) is 0 Å². The minimum absolute atomic E-state index is 0. The van der Waals surface area contributed by atoms with Crippen molar-refractivity contribution in [2.45, 2.75) is 0 Å². The molecular formula is H2AlO2Ti+. The summed E-state index contributed by atoms with van der Waals surface area (Å²) in [5.41, 5.74) is 0. The summed E-state index contributed by atoms with van der Waals surface area (Å²) in [4.78, 5) is 0. The molecule has 4 heavy (non-hydrogen) atoms. The number of hydrogen-bond donors (Lipinski definition) is 0. The average molecular weight is 109 g/mol. The van der Waals surface area contributed by atoms with Crippen LogP contribution in [0.4, 0.5) is 0 Å². The van der Waals surface area contributed by atoms with Crippen LogP contribution in [0.15, 0.2) is 0 Å². The first-order chi connectivity index (χ1) is 2.00. The first kappa shape index (κ1) is 8.85. The maximum absolute atomic E-state index is 8.28. The molecule has 2 nitrogen and oxygen atoms in total. The molecule has 0 aliphatic carbocycles. The molecule has 0 atom stereocenters. The van der Waals surface area contributed by atoms with Crippen molar-refractivity contribution in [2.75, 3.05) is 0 Å². The van der Waals surface area contributed by atoms with Gasteiger partial charge in [-0.3, -0.25) is 0 Å². The second kappa shape index (κ2) is 43.5. The summed E-state index contributed by atoms with van der Waals surface area (Å²) in [6, 6.07) is 0. The zero-order valence-corrected chi connectivity index (χ0v) is 5.00. The molecule has 0 radical (unpaired) electrons. The summed E-state index contributed by atoms with van der Waals surface area (Å²) in [5, 5.41) is 0. The molecule has 0 aromatic heterocycles. The van der Waals surface area contributed by atoms with Gasteiger partial charge in [0, 0.05) is 0 Å². The van der Waals surface area contributed by atoms with Crippen LogP contribution in [-0.4, -0.2) is 16.2 Å². The van der Waals surface area contributed by atoms with Gasteiger partial charge in [-0.25, -0.2) is 0 Å². The molecule has 0 heterocycles. The fraction of sp³-hybridized carbons (Fsp3) is 0. The van der Waals surface area contributed by atoms with E-state index >= 15 is 0 Å². The standard InChI is InChI=1S/Al.2O.Ti.H/p+1. The monoisotopic (exact) mass is 109 g/mol. The zero-order valence-electron chi connectivity index (χ0n) is 3.02. The van der Waals surface area contributed by atoms with Crippen LogP contribution in [0, 0.1) is 0 Å². The molecule has 0 aromatic carbocycles. The van der Waals surface area contributed by atoms with Gasteiger partial charge in [0.05, 0.1) is 0 Å². The van der Waals surface area contributed by atoms with Crippen molar-refractivity contribution >= 4 is 16.2 Å². The Labute approximate surface area is 45.4 Å². The quantitative estimate of drug-likeness (QED) is 0.382. The molecule has 0 N–H and O–H groups in total. The summed E-state index contributed by atoms with van der Waals surface area (Å²) >= 11 is 1.36. The van der Waals surface area contributed by atoms with E-state index in [1.807, 2.05) is 0 Å².